The number of benzene rings is 1. The van der Waals surface area contributed by atoms with Crippen LogP contribution in [0, 0.1) is 23.7 Å². The number of aliphatic hydroxyl groups is 1. The van der Waals surface area contributed by atoms with Crippen molar-refractivity contribution in [1.82, 2.24) is 10.2 Å². The van der Waals surface area contributed by atoms with E-state index < -0.39 is 114 Å². The van der Waals surface area contributed by atoms with Crippen LogP contribution in [0.3, 0.4) is 0 Å². The smallest absolute Gasteiger partial charge is 0.407 e. The second-order valence-electron chi connectivity index (χ2n) is 18.3. The molecular weight excluding hydrogens is 792 g/mol. The number of amides is 1. The van der Waals surface area contributed by atoms with E-state index in [2.05, 4.69) is 5.32 Å². The number of esters is 2. The molecule has 0 bridgehead atoms. The number of alkyl carbamates (subject to hydrolysis) is 1. The number of hydrogen-bond acceptors (Lipinski definition) is 15. The van der Waals surface area contributed by atoms with Crippen molar-refractivity contribution in [1.29, 1.82) is 0 Å². The van der Waals surface area contributed by atoms with Gasteiger partial charge in [0.25, 0.3) is 0 Å². The van der Waals surface area contributed by atoms with Gasteiger partial charge in [-0.05, 0) is 80.1 Å². The molecular formula is C45H70N2O14. The Labute approximate surface area is 360 Å². The maximum Gasteiger partial charge on any atom is 0.407 e. The van der Waals surface area contributed by atoms with E-state index in [1.54, 1.807) is 52.0 Å². The highest BCUT2D eigenvalue weighted by atomic mass is 16.7. The van der Waals surface area contributed by atoms with Crippen LogP contribution < -0.4 is 5.32 Å². The van der Waals surface area contributed by atoms with Gasteiger partial charge in [-0.3, -0.25) is 9.59 Å². The van der Waals surface area contributed by atoms with Crippen LogP contribution in [0.1, 0.15) is 98.4 Å². The third kappa shape index (κ3) is 10.6. The monoisotopic (exact) mass is 862 g/mol. The number of nitrogens with one attached hydrogen (secondary N) is 1. The molecule has 4 fully saturated rings. The molecule has 1 aromatic rings. The molecule has 0 aromatic heterocycles. The Hall–Kier alpha value is -3.22. The summed E-state index contributed by atoms with van der Waals surface area (Å²) in [4.78, 5) is 56.8. The van der Waals surface area contributed by atoms with Crippen molar-refractivity contribution >= 4 is 23.8 Å². The molecule has 0 aliphatic carbocycles. The summed E-state index contributed by atoms with van der Waals surface area (Å²) in [6.45, 7) is 16.2. The third-order valence-corrected chi connectivity index (χ3v) is 13.6. The van der Waals surface area contributed by atoms with Gasteiger partial charge >= 0.3 is 18.0 Å². The lowest BCUT2D eigenvalue weighted by Gasteiger charge is -2.50. The summed E-state index contributed by atoms with van der Waals surface area (Å²) in [5, 5.41) is 14.5. The number of Topliss-reactive ketones (excluding diaryl/α,β-unsaturated/α-hetero) is 1. The summed E-state index contributed by atoms with van der Waals surface area (Å²) in [7, 11) is 6.83. The second kappa shape index (κ2) is 20.1. The molecule has 344 valence electrons. The first kappa shape index (κ1) is 48.8. The van der Waals surface area contributed by atoms with Gasteiger partial charge < -0.3 is 58.0 Å². The molecule has 2 unspecified atom stereocenters. The van der Waals surface area contributed by atoms with Crippen LogP contribution in [-0.2, 0) is 52.2 Å². The zero-order valence-corrected chi connectivity index (χ0v) is 38.2. The number of hydrogen-bond donors (Lipinski definition) is 2. The maximum atomic E-state index is 14.5. The molecule has 4 aliphatic heterocycles. The number of rotatable bonds is 10. The van der Waals surface area contributed by atoms with Gasteiger partial charge in [-0.25, -0.2) is 9.59 Å². The first-order valence-electron chi connectivity index (χ1n) is 21.7. The van der Waals surface area contributed by atoms with Crippen molar-refractivity contribution in [2.45, 2.75) is 173 Å². The SMILES string of the molecule is CC[C@H]1OC(=O)[C@H](C)[C@@H](OC2C[C@@](C)(OC)[C@@H](OC(=O)c3ccccc3)[C@H](C)O2)[C@H](C)[C@@H](OC2O[C@H](C)C[C@H](N(C)C)[C@H]2O)[C@@](C)(OC)C[C@@H](C)C(=O)[C@H](C)[C@H]2OC(=O)N[C@H]21. The molecule has 4 aliphatic rings. The number of fused-ring (bicyclic) bond motifs is 1. The highest BCUT2D eigenvalue weighted by Gasteiger charge is 2.55. The van der Waals surface area contributed by atoms with E-state index in [1.807, 2.05) is 59.7 Å². The van der Waals surface area contributed by atoms with Gasteiger partial charge in [-0.2, -0.15) is 0 Å². The topological polar surface area (TPSA) is 187 Å². The predicted molar refractivity (Wildman–Crippen MR) is 221 cm³/mol. The molecule has 16 nitrogen and oxygen atoms in total. The molecule has 1 amide bonds. The first-order chi connectivity index (χ1) is 28.7. The quantitative estimate of drug-likeness (QED) is 0.244. The number of methoxy groups -OCH3 is 2. The van der Waals surface area contributed by atoms with Crippen LogP contribution in [0.25, 0.3) is 0 Å². The summed E-state index contributed by atoms with van der Waals surface area (Å²) in [6, 6.07) is 7.56. The lowest BCUT2D eigenvalue weighted by atomic mass is 9.75. The fourth-order valence-corrected chi connectivity index (χ4v) is 9.83. The number of ether oxygens (including phenoxy) is 9. The first-order valence-corrected chi connectivity index (χ1v) is 21.7. The van der Waals surface area contributed by atoms with Crippen molar-refractivity contribution in [3.63, 3.8) is 0 Å². The van der Waals surface area contributed by atoms with Crippen LogP contribution in [0.15, 0.2) is 30.3 Å². The highest BCUT2D eigenvalue weighted by Crippen LogP contribution is 2.42. The van der Waals surface area contributed by atoms with E-state index >= 15 is 0 Å². The number of nitrogens with zero attached hydrogens (tertiary/aromatic N) is 1. The number of aliphatic hydroxyl groups excluding tert-OH is 1. The largest absolute Gasteiger partial charge is 0.460 e. The lowest BCUT2D eigenvalue weighted by Crippen LogP contribution is -2.61. The van der Waals surface area contributed by atoms with Crippen molar-refractivity contribution in [3.8, 4) is 0 Å². The summed E-state index contributed by atoms with van der Waals surface area (Å²) >= 11 is 0. The lowest BCUT2D eigenvalue weighted by molar-refractivity contribution is -0.318. The Morgan fingerprint density at radius 3 is 2.13 bits per heavy atom. The summed E-state index contributed by atoms with van der Waals surface area (Å²) in [6.07, 6.45) is -8.35. The number of ketones is 1. The number of likely N-dealkylation sites (N-methyl/N-ethyl adjacent to an activating group) is 1. The van der Waals surface area contributed by atoms with Gasteiger partial charge in [-0.15, -0.1) is 0 Å². The summed E-state index contributed by atoms with van der Waals surface area (Å²) in [5.74, 6) is -4.45. The number of carbonyl (C=O) groups excluding carboxylic acids is 4. The minimum atomic E-state index is -1.25. The van der Waals surface area contributed by atoms with E-state index in [-0.39, 0.29) is 30.8 Å². The minimum absolute atomic E-state index is 0.0965. The van der Waals surface area contributed by atoms with Gasteiger partial charge in [0.1, 0.15) is 35.7 Å². The van der Waals surface area contributed by atoms with Gasteiger partial charge in [0.05, 0.1) is 47.4 Å². The van der Waals surface area contributed by atoms with Crippen LogP contribution in [-0.4, -0.2) is 147 Å². The van der Waals surface area contributed by atoms with Crippen LogP contribution >= 0.6 is 0 Å². The molecule has 1 aromatic carbocycles. The van der Waals surface area contributed by atoms with E-state index in [9.17, 15) is 24.3 Å². The Morgan fingerprint density at radius 1 is 0.885 bits per heavy atom. The maximum absolute atomic E-state index is 14.5. The van der Waals surface area contributed by atoms with E-state index in [4.69, 9.17) is 42.6 Å². The zero-order chi connectivity index (χ0) is 45.1. The highest BCUT2D eigenvalue weighted by molar-refractivity contribution is 5.89. The average molecular weight is 863 g/mol. The van der Waals surface area contributed by atoms with E-state index in [1.165, 1.54) is 14.2 Å². The van der Waals surface area contributed by atoms with Crippen LogP contribution in [0.2, 0.25) is 0 Å². The number of cyclic esters (lactones) is 1. The van der Waals surface area contributed by atoms with Crippen LogP contribution in [0.5, 0.6) is 0 Å². The van der Waals surface area contributed by atoms with E-state index in [0.717, 1.165) is 0 Å². The van der Waals surface area contributed by atoms with Gasteiger partial charge in [-0.1, -0.05) is 45.9 Å². The van der Waals surface area contributed by atoms with Crippen molar-refractivity contribution in [2.75, 3.05) is 28.3 Å². The Kier molecular flexibility index (Phi) is 16.1. The molecule has 0 spiro atoms. The van der Waals surface area contributed by atoms with Crippen molar-refractivity contribution < 1.29 is 66.9 Å². The third-order valence-electron chi connectivity index (χ3n) is 13.6. The minimum Gasteiger partial charge on any atom is -0.460 e. The van der Waals surface area contributed by atoms with Gasteiger partial charge in [0.15, 0.2) is 18.7 Å². The molecule has 18 atom stereocenters. The Balaban J connectivity index is 1.57. The molecule has 0 saturated carbocycles. The molecule has 61 heavy (non-hydrogen) atoms. The molecule has 4 saturated heterocycles. The molecule has 5 rings (SSSR count). The van der Waals surface area contributed by atoms with Crippen molar-refractivity contribution in [3.05, 3.63) is 35.9 Å². The van der Waals surface area contributed by atoms with Crippen molar-refractivity contribution in [2.24, 2.45) is 23.7 Å². The Morgan fingerprint density at radius 2 is 1.52 bits per heavy atom. The normalized spacial score (nSPS) is 42.8. The zero-order valence-electron chi connectivity index (χ0n) is 38.2. The summed E-state index contributed by atoms with van der Waals surface area (Å²) < 4.78 is 57.0. The fraction of sp³-hybridized carbons (Fsp3) is 0.778. The van der Waals surface area contributed by atoms with E-state index in [0.29, 0.717) is 18.4 Å². The molecule has 0 radical (unpaired) electrons. The fourth-order valence-electron chi connectivity index (χ4n) is 9.83. The second-order valence-corrected chi connectivity index (χ2v) is 18.3. The molecule has 2 N–H and O–H groups in total. The average Bonchev–Trinajstić information content (AvgIpc) is 3.62. The van der Waals surface area contributed by atoms with Gasteiger partial charge in [0, 0.05) is 38.5 Å². The molecule has 4 heterocycles. The van der Waals surface area contributed by atoms with Gasteiger partial charge in [0.2, 0.25) is 0 Å². The predicted octanol–water partition coefficient (Wildman–Crippen LogP) is 4.67. The summed E-state index contributed by atoms with van der Waals surface area (Å²) in [5.41, 5.74) is -1.97. The molecule has 16 heteroatoms. The number of carbonyl (C=O) groups is 4. The van der Waals surface area contributed by atoms with Crippen LogP contribution in [0.4, 0.5) is 4.79 Å². The Bertz CT molecular complexity index is 1670. The standard InChI is InChI=1S/C45H70N2O14/c1-14-31-33-37(59-43(52)46-33)25(4)34(48)23(2)21-44(8,53-12)38(61-42-35(49)30(47(10)11)20-24(3)55-42)26(5)36(27(6)40(50)57-31)58-32-22-45(9,54-13)39(28(7)56-32)60-41(51)29-18-16-15-17-19-29/h15-19,23-28,30-33,35-39,42,49H,14,20-22H2,1-13H3,(H,46,52)/t23-,24-,25+,26+,27-,28+,30+,31-,32?,33+,35-,36+,37-,38-,39+,42?,44+,45-/m1/s1.